The third-order valence-electron chi connectivity index (χ3n) is 5.96. The van der Waals surface area contributed by atoms with Crippen molar-refractivity contribution >= 4 is 11.6 Å². The van der Waals surface area contributed by atoms with Crippen molar-refractivity contribution in [1.29, 1.82) is 0 Å². The minimum atomic E-state index is 0.0328. The van der Waals surface area contributed by atoms with Crippen LogP contribution in [0.25, 0.3) is 5.82 Å². The largest absolute Gasteiger partial charge is 0.372 e. The van der Waals surface area contributed by atoms with Crippen LogP contribution in [-0.2, 0) is 6.54 Å². The minimum Gasteiger partial charge on any atom is -0.372 e. The van der Waals surface area contributed by atoms with Crippen molar-refractivity contribution in [3.05, 3.63) is 77.2 Å². The van der Waals surface area contributed by atoms with Crippen LogP contribution in [0.1, 0.15) is 46.6 Å². The molecule has 1 amide bonds. The molecular weight excluding hydrogens is 372 g/mol. The van der Waals surface area contributed by atoms with Gasteiger partial charge in [-0.05, 0) is 69.0 Å². The van der Waals surface area contributed by atoms with Crippen LogP contribution in [0.4, 0.5) is 5.69 Å². The number of piperidine rings is 1. The minimum absolute atomic E-state index is 0.0328. The monoisotopic (exact) mass is 402 g/mol. The normalized spacial score (nSPS) is 14.0. The van der Waals surface area contributed by atoms with E-state index >= 15 is 0 Å². The number of hydrogen-bond donors (Lipinski definition) is 0. The summed E-state index contributed by atoms with van der Waals surface area (Å²) in [6.07, 6.45) is 5.66. The molecule has 3 aromatic rings. The van der Waals surface area contributed by atoms with Crippen LogP contribution in [0.15, 0.2) is 54.7 Å². The Morgan fingerprint density at radius 1 is 1.03 bits per heavy atom. The van der Waals surface area contributed by atoms with Gasteiger partial charge in [-0.2, -0.15) is 0 Å². The molecule has 0 unspecified atom stereocenters. The van der Waals surface area contributed by atoms with Crippen LogP contribution in [0, 0.1) is 13.8 Å². The number of carbonyl (C=O) groups excluding carboxylic acids is 1. The van der Waals surface area contributed by atoms with Gasteiger partial charge in [0, 0.05) is 50.0 Å². The maximum absolute atomic E-state index is 13.2. The Kier molecular flexibility index (Phi) is 5.88. The van der Waals surface area contributed by atoms with E-state index in [0.717, 1.165) is 41.4 Å². The highest BCUT2D eigenvalue weighted by molar-refractivity contribution is 5.95. The maximum Gasteiger partial charge on any atom is 0.255 e. The lowest BCUT2D eigenvalue weighted by atomic mass is 10.1. The Labute approximate surface area is 179 Å². The molecule has 1 aliphatic rings. The number of anilines is 1. The van der Waals surface area contributed by atoms with Crippen molar-refractivity contribution in [3.63, 3.8) is 0 Å². The molecule has 30 heavy (non-hydrogen) atoms. The standard InChI is InChI=1S/C25H30N4O/c1-19-17-23(20(2)29(19)24-9-5-6-14-26-24)25(30)27(3)18-21-10-12-22(13-11-21)28-15-7-4-8-16-28/h5-6,9-14,17H,4,7-8,15-16,18H2,1-3H3. The molecule has 0 atom stereocenters. The molecule has 1 aliphatic heterocycles. The van der Waals surface area contributed by atoms with E-state index in [1.165, 1.54) is 24.9 Å². The number of rotatable bonds is 5. The summed E-state index contributed by atoms with van der Waals surface area (Å²) in [4.78, 5) is 21.8. The first kappa shape index (κ1) is 20.2. The Hall–Kier alpha value is -3.08. The lowest BCUT2D eigenvalue weighted by Crippen LogP contribution is -2.29. The Bertz CT molecular complexity index is 1000. The summed E-state index contributed by atoms with van der Waals surface area (Å²) in [6, 6.07) is 16.4. The van der Waals surface area contributed by atoms with Gasteiger partial charge in [-0.1, -0.05) is 18.2 Å². The van der Waals surface area contributed by atoms with Crippen LogP contribution in [0.2, 0.25) is 0 Å². The van der Waals surface area contributed by atoms with Crippen LogP contribution >= 0.6 is 0 Å². The van der Waals surface area contributed by atoms with Gasteiger partial charge in [0.1, 0.15) is 5.82 Å². The number of amides is 1. The van der Waals surface area contributed by atoms with Gasteiger partial charge < -0.3 is 14.4 Å². The molecule has 5 heteroatoms. The molecule has 1 fully saturated rings. The van der Waals surface area contributed by atoms with Crippen LogP contribution in [0.3, 0.4) is 0 Å². The van der Waals surface area contributed by atoms with E-state index in [0.29, 0.717) is 6.54 Å². The number of pyridine rings is 1. The second-order valence-corrected chi connectivity index (χ2v) is 8.18. The smallest absolute Gasteiger partial charge is 0.255 e. The molecule has 0 bridgehead atoms. The first-order chi connectivity index (χ1) is 14.5. The highest BCUT2D eigenvalue weighted by Crippen LogP contribution is 2.23. The molecule has 0 radical (unpaired) electrons. The molecular formula is C25H30N4O. The van der Waals surface area contributed by atoms with Gasteiger partial charge in [-0.25, -0.2) is 4.98 Å². The number of aromatic nitrogens is 2. The molecule has 2 aromatic heterocycles. The van der Waals surface area contributed by atoms with E-state index in [4.69, 9.17) is 0 Å². The Balaban J connectivity index is 1.48. The zero-order valence-corrected chi connectivity index (χ0v) is 18.1. The maximum atomic E-state index is 13.2. The highest BCUT2D eigenvalue weighted by Gasteiger charge is 2.20. The molecule has 0 N–H and O–H groups in total. The third kappa shape index (κ3) is 4.11. The average Bonchev–Trinajstić information content (AvgIpc) is 3.08. The number of nitrogens with zero attached hydrogens (tertiary/aromatic N) is 4. The van der Waals surface area contributed by atoms with E-state index in [2.05, 4.69) is 34.1 Å². The second-order valence-electron chi connectivity index (χ2n) is 8.18. The first-order valence-corrected chi connectivity index (χ1v) is 10.7. The predicted octanol–water partition coefficient (Wildman–Crippen LogP) is 4.75. The molecule has 0 spiro atoms. The Morgan fingerprint density at radius 3 is 2.43 bits per heavy atom. The quantitative estimate of drug-likeness (QED) is 0.618. The molecule has 0 aliphatic carbocycles. The summed E-state index contributed by atoms with van der Waals surface area (Å²) in [5.41, 5.74) is 5.08. The van der Waals surface area contributed by atoms with Crippen molar-refractivity contribution in [2.75, 3.05) is 25.0 Å². The molecule has 156 valence electrons. The van der Waals surface area contributed by atoms with E-state index < -0.39 is 0 Å². The lowest BCUT2D eigenvalue weighted by molar-refractivity contribution is 0.0784. The van der Waals surface area contributed by atoms with Crippen molar-refractivity contribution in [3.8, 4) is 5.82 Å². The number of benzene rings is 1. The third-order valence-corrected chi connectivity index (χ3v) is 5.96. The van der Waals surface area contributed by atoms with Gasteiger partial charge >= 0.3 is 0 Å². The zero-order valence-electron chi connectivity index (χ0n) is 18.1. The number of hydrogen-bond acceptors (Lipinski definition) is 3. The van der Waals surface area contributed by atoms with Gasteiger partial charge in [0.05, 0.1) is 5.56 Å². The summed E-state index contributed by atoms with van der Waals surface area (Å²) in [6.45, 7) is 6.87. The highest BCUT2D eigenvalue weighted by atomic mass is 16.2. The summed E-state index contributed by atoms with van der Waals surface area (Å²) in [7, 11) is 1.87. The summed E-state index contributed by atoms with van der Waals surface area (Å²) in [5.74, 6) is 0.868. The van der Waals surface area contributed by atoms with Crippen molar-refractivity contribution in [2.24, 2.45) is 0 Å². The van der Waals surface area contributed by atoms with Crippen LogP contribution < -0.4 is 4.90 Å². The fourth-order valence-electron chi connectivity index (χ4n) is 4.33. The Morgan fingerprint density at radius 2 is 1.77 bits per heavy atom. The molecule has 1 aromatic carbocycles. The average molecular weight is 403 g/mol. The van der Waals surface area contributed by atoms with Crippen LogP contribution in [0.5, 0.6) is 0 Å². The lowest BCUT2D eigenvalue weighted by Gasteiger charge is -2.29. The fourth-order valence-corrected chi connectivity index (χ4v) is 4.33. The van der Waals surface area contributed by atoms with E-state index in [9.17, 15) is 4.79 Å². The van der Waals surface area contributed by atoms with E-state index in [-0.39, 0.29) is 5.91 Å². The van der Waals surface area contributed by atoms with Gasteiger partial charge in [0.25, 0.3) is 5.91 Å². The van der Waals surface area contributed by atoms with Crippen molar-refractivity contribution < 1.29 is 4.79 Å². The summed E-state index contributed by atoms with van der Waals surface area (Å²) >= 11 is 0. The first-order valence-electron chi connectivity index (χ1n) is 10.7. The molecule has 1 saturated heterocycles. The fraction of sp³-hybridized carbons (Fsp3) is 0.360. The van der Waals surface area contributed by atoms with Crippen molar-refractivity contribution in [2.45, 2.75) is 39.7 Å². The number of carbonyl (C=O) groups is 1. The van der Waals surface area contributed by atoms with Gasteiger partial charge in [-0.3, -0.25) is 4.79 Å². The SMILES string of the molecule is Cc1cc(C(=O)N(C)Cc2ccc(N3CCCCC3)cc2)c(C)n1-c1ccccn1. The second kappa shape index (κ2) is 8.74. The molecule has 3 heterocycles. The van der Waals surface area contributed by atoms with Crippen LogP contribution in [-0.4, -0.2) is 40.5 Å². The molecule has 4 rings (SSSR count). The van der Waals surface area contributed by atoms with Gasteiger partial charge in [0.2, 0.25) is 0 Å². The topological polar surface area (TPSA) is 41.4 Å². The molecule has 5 nitrogen and oxygen atoms in total. The van der Waals surface area contributed by atoms with Gasteiger partial charge in [0.15, 0.2) is 0 Å². The van der Waals surface area contributed by atoms with E-state index in [1.54, 1.807) is 11.1 Å². The summed E-state index contributed by atoms with van der Waals surface area (Å²) < 4.78 is 2.04. The van der Waals surface area contributed by atoms with E-state index in [1.807, 2.05) is 49.7 Å². The zero-order chi connectivity index (χ0) is 21.1. The molecule has 0 saturated carbocycles. The number of aryl methyl sites for hydroxylation is 1. The predicted molar refractivity (Wildman–Crippen MR) is 121 cm³/mol. The van der Waals surface area contributed by atoms with Crippen molar-refractivity contribution in [1.82, 2.24) is 14.5 Å². The summed E-state index contributed by atoms with van der Waals surface area (Å²) in [5, 5.41) is 0. The van der Waals surface area contributed by atoms with Gasteiger partial charge in [-0.15, -0.1) is 0 Å².